The molecule has 0 saturated heterocycles. The van der Waals surface area contributed by atoms with Crippen LogP contribution >= 0.6 is 11.6 Å². The number of rotatable bonds is 4. The lowest BCUT2D eigenvalue weighted by Crippen LogP contribution is -2.36. The fourth-order valence-electron chi connectivity index (χ4n) is 1.77. The molecule has 1 unspecified atom stereocenters. The summed E-state index contributed by atoms with van der Waals surface area (Å²) >= 11 is 5.89. The fourth-order valence-corrected chi connectivity index (χ4v) is 1.95. The lowest BCUT2D eigenvalue weighted by atomic mass is 10.1. The van der Waals surface area contributed by atoms with Gasteiger partial charge in [0.1, 0.15) is 0 Å². The molecule has 2 rings (SSSR count). The van der Waals surface area contributed by atoms with Crippen molar-refractivity contribution in [1.29, 1.82) is 0 Å². The fraction of sp³-hybridized carbons (Fsp3) is 0.231. The molecule has 0 aliphatic carbocycles. The van der Waals surface area contributed by atoms with Crippen LogP contribution in [-0.2, 0) is 6.54 Å². The Morgan fingerprint density at radius 2 is 2.32 bits per heavy atom. The van der Waals surface area contributed by atoms with Crippen molar-refractivity contribution < 1.29 is 4.79 Å². The van der Waals surface area contributed by atoms with Crippen molar-refractivity contribution in [2.24, 2.45) is 0 Å². The number of aromatic nitrogens is 2. The van der Waals surface area contributed by atoms with Gasteiger partial charge in [-0.3, -0.25) is 9.48 Å². The van der Waals surface area contributed by atoms with E-state index in [4.69, 9.17) is 17.3 Å². The Hall–Kier alpha value is -2.01. The molecule has 1 heterocycles. The topological polar surface area (TPSA) is 72.9 Å². The van der Waals surface area contributed by atoms with Crippen LogP contribution in [0.1, 0.15) is 17.3 Å². The molecule has 19 heavy (non-hydrogen) atoms. The zero-order chi connectivity index (χ0) is 13.8. The van der Waals surface area contributed by atoms with E-state index in [2.05, 4.69) is 10.4 Å². The number of benzene rings is 1. The van der Waals surface area contributed by atoms with Gasteiger partial charge in [-0.25, -0.2) is 0 Å². The number of nitrogens with zero attached hydrogens (tertiary/aromatic N) is 2. The van der Waals surface area contributed by atoms with Gasteiger partial charge in [-0.15, -0.1) is 0 Å². The van der Waals surface area contributed by atoms with Crippen molar-refractivity contribution in [2.45, 2.75) is 19.5 Å². The quantitative estimate of drug-likeness (QED) is 0.840. The Kier molecular flexibility index (Phi) is 4.06. The summed E-state index contributed by atoms with van der Waals surface area (Å²) in [7, 11) is 0. The van der Waals surface area contributed by atoms with Crippen LogP contribution in [0.15, 0.2) is 36.7 Å². The van der Waals surface area contributed by atoms with Crippen molar-refractivity contribution in [3.63, 3.8) is 0 Å². The number of carbonyl (C=O) groups is 1. The zero-order valence-electron chi connectivity index (χ0n) is 10.5. The zero-order valence-corrected chi connectivity index (χ0v) is 11.3. The van der Waals surface area contributed by atoms with Gasteiger partial charge in [0.25, 0.3) is 5.91 Å². The van der Waals surface area contributed by atoms with Gasteiger partial charge >= 0.3 is 0 Å². The molecular formula is C13H15ClN4O. The van der Waals surface area contributed by atoms with Crippen LogP contribution in [0.5, 0.6) is 0 Å². The molecule has 0 aliphatic heterocycles. The highest BCUT2D eigenvalue weighted by atomic mass is 35.5. The van der Waals surface area contributed by atoms with Crippen LogP contribution in [0, 0.1) is 0 Å². The third kappa shape index (κ3) is 3.26. The summed E-state index contributed by atoms with van der Waals surface area (Å²) < 4.78 is 1.76. The number of halogens is 1. The smallest absolute Gasteiger partial charge is 0.253 e. The summed E-state index contributed by atoms with van der Waals surface area (Å²) in [6, 6.07) is 6.78. The van der Waals surface area contributed by atoms with Crippen molar-refractivity contribution in [3.05, 3.63) is 47.2 Å². The Morgan fingerprint density at radius 3 is 3.00 bits per heavy atom. The lowest BCUT2D eigenvalue weighted by molar-refractivity contribution is 0.0937. The van der Waals surface area contributed by atoms with Gasteiger partial charge in [0, 0.05) is 18.4 Å². The van der Waals surface area contributed by atoms with Gasteiger partial charge in [-0.2, -0.15) is 5.10 Å². The molecule has 1 atom stereocenters. The predicted octanol–water partition coefficient (Wildman–Crippen LogP) is 1.94. The summed E-state index contributed by atoms with van der Waals surface area (Å²) in [4.78, 5) is 12.1. The van der Waals surface area contributed by atoms with Gasteiger partial charge < -0.3 is 11.1 Å². The van der Waals surface area contributed by atoms with Gasteiger partial charge in [-0.05, 0) is 25.1 Å². The number of hydrogen-bond donors (Lipinski definition) is 2. The number of nitrogens with one attached hydrogen (secondary N) is 1. The van der Waals surface area contributed by atoms with E-state index < -0.39 is 0 Å². The minimum Gasteiger partial charge on any atom is -0.397 e. The Bertz CT molecular complexity index is 568. The summed E-state index contributed by atoms with van der Waals surface area (Å²) in [6.45, 7) is 2.50. The van der Waals surface area contributed by atoms with Crippen LogP contribution in [0.4, 0.5) is 5.69 Å². The molecule has 0 aliphatic rings. The second-order valence-electron chi connectivity index (χ2n) is 4.30. The van der Waals surface area contributed by atoms with Crippen molar-refractivity contribution in [3.8, 4) is 0 Å². The van der Waals surface area contributed by atoms with Crippen LogP contribution in [0.2, 0.25) is 5.02 Å². The molecule has 0 bridgehead atoms. The van der Waals surface area contributed by atoms with Gasteiger partial charge in [-0.1, -0.05) is 17.7 Å². The highest BCUT2D eigenvalue weighted by Gasteiger charge is 2.14. The minimum atomic E-state index is -0.236. The van der Waals surface area contributed by atoms with Crippen molar-refractivity contribution in [1.82, 2.24) is 15.1 Å². The number of para-hydroxylation sites is 1. The Labute approximate surface area is 116 Å². The van der Waals surface area contributed by atoms with Gasteiger partial charge in [0.15, 0.2) is 0 Å². The SMILES string of the molecule is CC(Cn1cccn1)NC(=O)c1cccc(Cl)c1N. The molecule has 0 spiro atoms. The summed E-state index contributed by atoms with van der Waals surface area (Å²) in [6.07, 6.45) is 3.54. The largest absolute Gasteiger partial charge is 0.397 e. The maximum atomic E-state index is 12.1. The average molecular weight is 279 g/mol. The van der Waals surface area contributed by atoms with Crippen LogP contribution in [0.25, 0.3) is 0 Å². The highest BCUT2D eigenvalue weighted by Crippen LogP contribution is 2.22. The Morgan fingerprint density at radius 1 is 1.53 bits per heavy atom. The van der Waals surface area contributed by atoms with Gasteiger partial charge in [0.05, 0.1) is 22.8 Å². The third-order valence-electron chi connectivity index (χ3n) is 2.70. The molecule has 3 N–H and O–H groups in total. The number of anilines is 1. The minimum absolute atomic E-state index is 0.0641. The maximum absolute atomic E-state index is 12.1. The molecule has 100 valence electrons. The van der Waals surface area contributed by atoms with E-state index in [1.54, 1.807) is 29.1 Å². The van der Waals surface area contributed by atoms with Crippen LogP contribution in [0.3, 0.4) is 0 Å². The average Bonchev–Trinajstić information content (AvgIpc) is 2.85. The first kappa shape index (κ1) is 13.4. The van der Waals surface area contributed by atoms with Crippen molar-refractivity contribution >= 4 is 23.2 Å². The third-order valence-corrected chi connectivity index (χ3v) is 3.02. The summed E-state index contributed by atoms with van der Waals surface area (Å²) in [5, 5.41) is 7.33. The monoisotopic (exact) mass is 278 g/mol. The first-order valence-electron chi connectivity index (χ1n) is 5.90. The molecule has 0 radical (unpaired) electrons. The van der Waals surface area contributed by atoms with Crippen LogP contribution < -0.4 is 11.1 Å². The number of hydrogen-bond acceptors (Lipinski definition) is 3. The molecule has 5 nitrogen and oxygen atoms in total. The maximum Gasteiger partial charge on any atom is 0.253 e. The van der Waals surface area contributed by atoms with E-state index in [1.165, 1.54) is 0 Å². The standard InChI is InChI=1S/C13H15ClN4O/c1-9(8-18-7-3-6-16-18)17-13(19)10-4-2-5-11(14)12(10)15/h2-7,9H,8,15H2,1H3,(H,17,19). The molecule has 1 aromatic heterocycles. The summed E-state index contributed by atoms with van der Waals surface area (Å²) in [5.41, 5.74) is 6.47. The number of nitrogen functional groups attached to an aromatic ring is 1. The second-order valence-corrected chi connectivity index (χ2v) is 4.71. The van der Waals surface area contributed by atoms with E-state index in [-0.39, 0.29) is 11.9 Å². The molecular weight excluding hydrogens is 264 g/mol. The first-order chi connectivity index (χ1) is 9.08. The number of carbonyl (C=O) groups excluding carboxylic acids is 1. The van der Waals surface area contributed by atoms with E-state index >= 15 is 0 Å². The molecule has 0 fully saturated rings. The first-order valence-corrected chi connectivity index (χ1v) is 6.28. The number of amides is 1. The van der Waals surface area contributed by atoms with E-state index in [1.807, 2.05) is 19.2 Å². The molecule has 1 aromatic carbocycles. The molecule has 6 heteroatoms. The van der Waals surface area contributed by atoms with E-state index in [0.29, 0.717) is 22.8 Å². The van der Waals surface area contributed by atoms with Gasteiger partial charge in [0.2, 0.25) is 0 Å². The normalized spacial score (nSPS) is 12.1. The predicted molar refractivity (Wildman–Crippen MR) is 75.0 cm³/mol. The highest BCUT2D eigenvalue weighted by molar-refractivity contribution is 6.33. The molecule has 0 saturated carbocycles. The van der Waals surface area contributed by atoms with Crippen molar-refractivity contribution in [2.75, 3.05) is 5.73 Å². The van der Waals surface area contributed by atoms with Crippen LogP contribution in [-0.4, -0.2) is 21.7 Å². The second kappa shape index (κ2) is 5.75. The molecule has 2 aromatic rings. The molecule has 1 amide bonds. The lowest BCUT2D eigenvalue weighted by Gasteiger charge is -2.15. The number of nitrogens with two attached hydrogens (primary N) is 1. The van der Waals surface area contributed by atoms with E-state index in [9.17, 15) is 4.79 Å². The van der Waals surface area contributed by atoms with E-state index in [0.717, 1.165) is 0 Å². The summed E-state index contributed by atoms with van der Waals surface area (Å²) in [5.74, 6) is -0.236. The Balaban J connectivity index is 2.02.